The third-order valence-electron chi connectivity index (χ3n) is 2.36. The zero-order chi connectivity index (χ0) is 8.48. The van der Waals surface area contributed by atoms with Crippen molar-refractivity contribution in [2.45, 2.75) is 33.3 Å². The van der Waals surface area contributed by atoms with Crippen LogP contribution in [0.15, 0.2) is 0 Å². The monoisotopic (exact) mass is 157 g/mol. The van der Waals surface area contributed by atoms with Gasteiger partial charge in [-0.1, -0.05) is 20.8 Å². The standard InChI is InChI=1S/C9H19NO/c1-4-10-6-8(11)5-9(2,3)7-10/h8,11H,4-7H2,1-3H3/t8-/m0/s1. The lowest BCUT2D eigenvalue weighted by Crippen LogP contribution is -2.46. The first-order valence-electron chi connectivity index (χ1n) is 4.44. The van der Waals surface area contributed by atoms with Crippen molar-refractivity contribution in [2.75, 3.05) is 19.6 Å². The van der Waals surface area contributed by atoms with E-state index in [1.807, 2.05) is 0 Å². The summed E-state index contributed by atoms with van der Waals surface area (Å²) in [5.41, 5.74) is 0.299. The summed E-state index contributed by atoms with van der Waals surface area (Å²) in [4.78, 5) is 2.31. The number of rotatable bonds is 1. The third-order valence-corrected chi connectivity index (χ3v) is 2.36. The topological polar surface area (TPSA) is 23.5 Å². The first-order valence-corrected chi connectivity index (χ1v) is 4.44. The van der Waals surface area contributed by atoms with Gasteiger partial charge >= 0.3 is 0 Å². The largest absolute Gasteiger partial charge is 0.392 e. The summed E-state index contributed by atoms with van der Waals surface area (Å²) >= 11 is 0. The molecule has 1 aliphatic heterocycles. The Morgan fingerprint density at radius 1 is 1.55 bits per heavy atom. The fourth-order valence-corrected chi connectivity index (χ4v) is 1.98. The highest BCUT2D eigenvalue weighted by Gasteiger charge is 2.30. The molecule has 0 spiro atoms. The smallest absolute Gasteiger partial charge is 0.0672 e. The lowest BCUT2D eigenvalue weighted by Gasteiger charge is -2.40. The molecular formula is C9H19NO. The molecule has 2 nitrogen and oxygen atoms in total. The van der Waals surface area contributed by atoms with Crippen molar-refractivity contribution in [1.29, 1.82) is 0 Å². The van der Waals surface area contributed by atoms with Gasteiger partial charge in [0.25, 0.3) is 0 Å². The van der Waals surface area contributed by atoms with Gasteiger partial charge < -0.3 is 10.0 Å². The van der Waals surface area contributed by atoms with Crippen LogP contribution in [0, 0.1) is 5.41 Å². The number of aliphatic hydroxyl groups excluding tert-OH is 1. The van der Waals surface area contributed by atoms with Gasteiger partial charge in [-0.2, -0.15) is 0 Å². The summed E-state index contributed by atoms with van der Waals surface area (Å²) in [5, 5.41) is 9.50. The number of hydrogen-bond donors (Lipinski definition) is 1. The van der Waals surface area contributed by atoms with Crippen molar-refractivity contribution < 1.29 is 5.11 Å². The highest BCUT2D eigenvalue weighted by molar-refractivity contribution is 4.83. The first kappa shape index (κ1) is 9.01. The first-order chi connectivity index (χ1) is 5.03. The summed E-state index contributed by atoms with van der Waals surface area (Å²) in [6.45, 7) is 9.63. The Labute approximate surface area is 69.2 Å². The number of aliphatic hydroxyl groups is 1. The van der Waals surface area contributed by atoms with E-state index >= 15 is 0 Å². The van der Waals surface area contributed by atoms with Crippen LogP contribution in [0.1, 0.15) is 27.2 Å². The summed E-state index contributed by atoms with van der Waals surface area (Å²) < 4.78 is 0. The fourth-order valence-electron chi connectivity index (χ4n) is 1.98. The van der Waals surface area contributed by atoms with Crippen LogP contribution in [0.4, 0.5) is 0 Å². The average molecular weight is 157 g/mol. The Morgan fingerprint density at radius 3 is 2.64 bits per heavy atom. The second kappa shape index (κ2) is 3.11. The van der Waals surface area contributed by atoms with Gasteiger partial charge in [0.1, 0.15) is 0 Å². The molecule has 1 aliphatic rings. The highest BCUT2D eigenvalue weighted by Crippen LogP contribution is 2.28. The second-order valence-electron chi connectivity index (χ2n) is 4.35. The Morgan fingerprint density at radius 2 is 2.18 bits per heavy atom. The number of β-amino-alcohol motifs (C(OH)–C–C–N with tert-alkyl or cyclic N) is 1. The molecule has 1 heterocycles. The molecule has 1 rings (SSSR count). The zero-order valence-electron chi connectivity index (χ0n) is 7.80. The van der Waals surface area contributed by atoms with Crippen molar-refractivity contribution >= 4 is 0 Å². The van der Waals surface area contributed by atoms with Gasteiger partial charge in [0.05, 0.1) is 6.10 Å². The molecular weight excluding hydrogens is 138 g/mol. The van der Waals surface area contributed by atoms with Gasteiger partial charge in [-0.15, -0.1) is 0 Å². The Kier molecular flexibility index (Phi) is 2.55. The number of piperidine rings is 1. The van der Waals surface area contributed by atoms with E-state index in [4.69, 9.17) is 0 Å². The summed E-state index contributed by atoms with van der Waals surface area (Å²) in [6, 6.07) is 0. The molecule has 1 saturated heterocycles. The van der Waals surface area contributed by atoms with Crippen LogP contribution < -0.4 is 0 Å². The van der Waals surface area contributed by atoms with Crippen molar-refractivity contribution in [3.05, 3.63) is 0 Å². The predicted molar refractivity (Wildman–Crippen MR) is 46.5 cm³/mol. The SMILES string of the molecule is CCN1C[C@@H](O)CC(C)(C)C1. The minimum absolute atomic E-state index is 0.112. The molecule has 1 N–H and O–H groups in total. The molecule has 2 heteroatoms. The highest BCUT2D eigenvalue weighted by atomic mass is 16.3. The lowest BCUT2D eigenvalue weighted by atomic mass is 9.83. The fraction of sp³-hybridized carbons (Fsp3) is 1.00. The molecule has 11 heavy (non-hydrogen) atoms. The lowest BCUT2D eigenvalue weighted by molar-refractivity contribution is 0.00894. The van der Waals surface area contributed by atoms with Gasteiger partial charge in [0.2, 0.25) is 0 Å². The second-order valence-corrected chi connectivity index (χ2v) is 4.35. The van der Waals surface area contributed by atoms with E-state index in [1.54, 1.807) is 0 Å². The maximum Gasteiger partial charge on any atom is 0.0672 e. The van der Waals surface area contributed by atoms with E-state index in [9.17, 15) is 5.11 Å². The van der Waals surface area contributed by atoms with Crippen molar-refractivity contribution in [1.82, 2.24) is 4.90 Å². The molecule has 66 valence electrons. The molecule has 1 atom stereocenters. The molecule has 0 saturated carbocycles. The number of likely N-dealkylation sites (N-methyl/N-ethyl adjacent to an activating group) is 1. The molecule has 0 unspecified atom stereocenters. The Hall–Kier alpha value is -0.0800. The molecule has 0 bridgehead atoms. The Balaban J connectivity index is 2.51. The molecule has 0 radical (unpaired) electrons. The predicted octanol–water partition coefficient (Wildman–Crippen LogP) is 1.10. The van der Waals surface area contributed by atoms with Crippen LogP contribution in [0.25, 0.3) is 0 Å². The van der Waals surface area contributed by atoms with E-state index in [2.05, 4.69) is 25.7 Å². The summed E-state index contributed by atoms with van der Waals surface area (Å²) in [7, 11) is 0. The quantitative estimate of drug-likeness (QED) is 0.616. The van der Waals surface area contributed by atoms with Crippen molar-refractivity contribution in [3.8, 4) is 0 Å². The molecule has 0 aromatic heterocycles. The number of nitrogens with zero attached hydrogens (tertiary/aromatic N) is 1. The van der Waals surface area contributed by atoms with Crippen LogP contribution in [-0.4, -0.2) is 35.7 Å². The zero-order valence-corrected chi connectivity index (χ0v) is 7.80. The maximum absolute atomic E-state index is 9.50. The van der Waals surface area contributed by atoms with Crippen LogP contribution >= 0.6 is 0 Å². The number of likely N-dealkylation sites (tertiary alicyclic amines) is 1. The molecule has 0 aromatic carbocycles. The van der Waals surface area contributed by atoms with Gasteiger partial charge in [-0.05, 0) is 18.4 Å². The summed E-state index contributed by atoms with van der Waals surface area (Å²) in [5.74, 6) is 0. The molecule has 1 fully saturated rings. The third kappa shape index (κ3) is 2.46. The van der Waals surface area contributed by atoms with E-state index in [1.165, 1.54) is 0 Å². The van der Waals surface area contributed by atoms with Gasteiger partial charge in [-0.3, -0.25) is 0 Å². The van der Waals surface area contributed by atoms with Gasteiger partial charge in [0.15, 0.2) is 0 Å². The van der Waals surface area contributed by atoms with Crippen molar-refractivity contribution in [2.24, 2.45) is 5.41 Å². The number of hydrogen-bond acceptors (Lipinski definition) is 2. The molecule has 0 aliphatic carbocycles. The van der Waals surface area contributed by atoms with E-state index in [-0.39, 0.29) is 6.10 Å². The molecule has 0 amide bonds. The van der Waals surface area contributed by atoms with Crippen LogP contribution in [0.5, 0.6) is 0 Å². The minimum atomic E-state index is -0.112. The normalized spacial score (nSPS) is 32.2. The molecule has 0 aromatic rings. The van der Waals surface area contributed by atoms with Crippen LogP contribution in [0.3, 0.4) is 0 Å². The Bertz CT molecular complexity index is 134. The minimum Gasteiger partial charge on any atom is -0.392 e. The maximum atomic E-state index is 9.50. The average Bonchev–Trinajstić information content (AvgIpc) is 1.83. The van der Waals surface area contributed by atoms with Crippen molar-refractivity contribution in [3.63, 3.8) is 0 Å². The summed E-state index contributed by atoms with van der Waals surface area (Å²) in [6.07, 6.45) is 0.836. The van der Waals surface area contributed by atoms with E-state index in [0.29, 0.717) is 5.41 Å². The van der Waals surface area contributed by atoms with Gasteiger partial charge in [-0.25, -0.2) is 0 Å². The van der Waals surface area contributed by atoms with E-state index < -0.39 is 0 Å². The van der Waals surface area contributed by atoms with E-state index in [0.717, 1.165) is 26.1 Å². The van der Waals surface area contributed by atoms with Gasteiger partial charge in [0, 0.05) is 13.1 Å². The van der Waals surface area contributed by atoms with Crippen LogP contribution in [-0.2, 0) is 0 Å². The van der Waals surface area contributed by atoms with Crippen LogP contribution in [0.2, 0.25) is 0 Å².